The molecule has 1 N–H and O–H groups in total. The quantitative estimate of drug-likeness (QED) is 0.886. The second-order valence-corrected chi connectivity index (χ2v) is 5.51. The van der Waals surface area contributed by atoms with E-state index in [-0.39, 0.29) is 0 Å². The summed E-state index contributed by atoms with van der Waals surface area (Å²) in [6, 6.07) is 12.2. The van der Waals surface area contributed by atoms with Gasteiger partial charge in [0.05, 0.1) is 19.9 Å². The Kier molecular flexibility index (Phi) is 4.46. The average molecular weight is 286 g/mol. The molecule has 0 bridgehead atoms. The zero-order valence-electron chi connectivity index (χ0n) is 12.4. The van der Waals surface area contributed by atoms with Crippen LogP contribution in [0.3, 0.4) is 0 Å². The first kappa shape index (κ1) is 14.0. The molecule has 0 aliphatic carbocycles. The van der Waals surface area contributed by atoms with Crippen LogP contribution >= 0.6 is 0 Å². The summed E-state index contributed by atoms with van der Waals surface area (Å²) in [5.41, 5.74) is 1.25. The largest absolute Gasteiger partial charge is 0.497 e. The molecular weight excluding hydrogens is 264 g/mol. The third kappa shape index (κ3) is 3.58. The van der Waals surface area contributed by atoms with E-state index in [1.54, 1.807) is 13.4 Å². The lowest BCUT2D eigenvalue weighted by atomic mass is 10.1. The van der Waals surface area contributed by atoms with Gasteiger partial charge in [-0.2, -0.15) is 0 Å². The number of anilines is 1. The molecule has 1 aliphatic heterocycles. The SMILES string of the molecule is COc1cccc(N2CCC(CNCc3ccco3)C2)c1. The summed E-state index contributed by atoms with van der Waals surface area (Å²) in [5, 5.41) is 3.48. The van der Waals surface area contributed by atoms with Gasteiger partial charge in [-0.15, -0.1) is 0 Å². The fraction of sp³-hybridized carbons (Fsp3) is 0.412. The van der Waals surface area contributed by atoms with E-state index in [4.69, 9.17) is 9.15 Å². The van der Waals surface area contributed by atoms with Crippen LogP contribution in [0.2, 0.25) is 0 Å². The van der Waals surface area contributed by atoms with Gasteiger partial charge in [-0.05, 0) is 36.6 Å². The second-order valence-electron chi connectivity index (χ2n) is 5.51. The molecular formula is C17H22N2O2. The van der Waals surface area contributed by atoms with Crippen molar-refractivity contribution in [3.8, 4) is 5.75 Å². The topological polar surface area (TPSA) is 37.6 Å². The van der Waals surface area contributed by atoms with Gasteiger partial charge in [0.25, 0.3) is 0 Å². The molecule has 0 saturated carbocycles. The fourth-order valence-electron chi connectivity index (χ4n) is 2.85. The molecule has 4 heteroatoms. The Hall–Kier alpha value is -1.94. The van der Waals surface area contributed by atoms with Crippen LogP contribution in [0, 0.1) is 5.92 Å². The minimum Gasteiger partial charge on any atom is -0.497 e. The molecule has 1 aromatic carbocycles. The summed E-state index contributed by atoms with van der Waals surface area (Å²) >= 11 is 0. The number of furan rings is 1. The highest BCUT2D eigenvalue weighted by Gasteiger charge is 2.22. The molecule has 2 aromatic rings. The van der Waals surface area contributed by atoms with E-state index in [2.05, 4.69) is 28.4 Å². The minimum absolute atomic E-state index is 0.686. The molecule has 21 heavy (non-hydrogen) atoms. The van der Waals surface area contributed by atoms with Crippen molar-refractivity contribution >= 4 is 5.69 Å². The Morgan fingerprint density at radius 1 is 1.33 bits per heavy atom. The molecule has 112 valence electrons. The molecule has 1 aliphatic rings. The third-order valence-electron chi connectivity index (χ3n) is 4.02. The van der Waals surface area contributed by atoms with E-state index in [1.165, 1.54) is 12.1 Å². The van der Waals surface area contributed by atoms with Crippen LogP contribution in [-0.4, -0.2) is 26.7 Å². The summed E-state index contributed by atoms with van der Waals surface area (Å²) in [6.45, 7) is 4.04. The zero-order chi connectivity index (χ0) is 14.5. The number of hydrogen-bond acceptors (Lipinski definition) is 4. The molecule has 1 fully saturated rings. The first-order valence-electron chi connectivity index (χ1n) is 7.47. The van der Waals surface area contributed by atoms with Crippen LogP contribution in [0.15, 0.2) is 47.1 Å². The normalized spacial score (nSPS) is 18.1. The number of nitrogens with one attached hydrogen (secondary N) is 1. The molecule has 0 radical (unpaired) electrons. The summed E-state index contributed by atoms with van der Waals surface area (Å²) in [5.74, 6) is 2.61. The lowest BCUT2D eigenvalue weighted by Gasteiger charge is -2.19. The van der Waals surface area contributed by atoms with Gasteiger partial charge in [-0.1, -0.05) is 6.07 Å². The van der Waals surface area contributed by atoms with Gasteiger partial charge >= 0.3 is 0 Å². The first-order valence-corrected chi connectivity index (χ1v) is 7.47. The Balaban J connectivity index is 1.48. The standard InChI is InChI=1S/C17H22N2O2/c1-20-16-5-2-4-15(10-16)19-8-7-14(13-19)11-18-12-17-6-3-9-21-17/h2-6,9-10,14,18H,7-8,11-13H2,1H3. The zero-order valence-corrected chi connectivity index (χ0v) is 12.4. The van der Waals surface area contributed by atoms with E-state index in [1.807, 2.05) is 18.2 Å². The predicted octanol–water partition coefficient (Wildman–Crippen LogP) is 2.90. The van der Waals surface area contributed by atoms with Crippen molar-refractivity contribution in [2.45, 2.75) is 13.0 Å². The molecule has 2 heterocycles. The number of rotatable bonds is 6. The van der Waals surface area contributed by atoms with Crippen molar-refractivity contribution in [1.82, 2.24) is 5.32 Å². The Morgan fingerprint density at radius 2 is 2.29 bits per heavy atom. The minimum atomic E-state index is 0.686. The number of nitrogens with zero attached hydrogens (tertiary/aromatic N) is 1. The lowest BCUT2D eigenvalue weighted by molar-refractivity contribution is 0.415. The predicted molar refractivity (Wildman–Crippen MR) is 83.7 cm³/mol. The van der Waals surface area contributed by atoms with Crippen molar-refractivity contribution < 1.29 is 9.15 Å². The maximum absolute atomic E-state index is 5.33. The molecule has 1 aromatic heterocycles. The van der Waals surface area contributed by atoms with Gasteiger partial charge in [0.15, 0.2) is 0 Å². The van der Waals surface area contributed by atoms with Crippen molar-refractivity contribution in [1.29, 1.82) is 0 Å². The summed E-state index contributed by atoms with van der Waals surface area (Å²) in [6.07, 6.45) is 2.94. The number of benzene rings is 1. The van der Waals surface area contributed by atoms with E-state index < -0.39 is 0 Å². The van der Waals surface area contributed by atoms with Gasteiger partial charge in [-0.3, -0.25) is 0 Å². The number of ether oxygens (including phenoxy) is 1. The van der Waals surface area contributed by atoms with Crippen LogP contribution in [0.5, 0.6) is 5.75 Å². The highest BCUT2D eigenvalue weighted by molar-refractivity contribution is 5.51. The van der Waals surface area contributed by atoms with Crippen molar-refractivity contribution in [2.75, 3.05) is 31.6 Å². The van der Waals surface area contributed by atoms with Crippen LogP contribution in [-0.2, 0) is 6.54 Å². The second kappa shape index (κ2) is 6.68. The summed E-state index contributed by atoms with van der Waals surface area (Å²) < 4.78 is 10.6. The van der Waals surface area contributed by atoms with Gasteiger partial charge in [-0.25, -0.2) is 0 Å². The highest BCUT2D eigenvalue weighted by atomic mass is 16.5. The van der Waals surface area contributed by atoms with Crippen molar-refractivity contribution in [3.05, 3.63) is 48.4 Å². The molecule has 3 rings (SSSR count). The Morgan fingerprint density at radius 3 is 3.10 bits per heavy atom. The Bertz CT molecular complexity index is 554. The highest BCUT2D eigenvalue weighted by Crippen LogP contribution is 2.26. The summed E-state index contributed by atoms with van der Waals surface area (Å²) in [7, 11) is 1.71. The first-order chi connectivity index (χ1) is 10.3. The third-order valence-corrected chi connectivity index (χ3v) is 4.02. The Labute approximate surface area is 125 Å². The molecule has 1 atom stereocenters. The maximum atomic E-state index is 5.33. The van der Waals surface area contributed by atoms with Crippen molar-refractivity contribution in [3.63, 3.8) is 0 Å². The van der Waals surface area contributed by atoms with E-state index in [0.717, 1.165) is 37.7 Å². The smallest absolute Gasteiger partial charge is 0.120 e. The average Bonchev–Trinajstić information content (AvgIpc) is 3.19. The van der Waals surface area contributed by atoms with Gasteiger partial charge < -0.3 is 19.4 Å². The lowest BCUT2D eigenvalue weighted by Crippen LogP contribution is -2.26. The molecule has 1 unspecified atom stereocenters. The van der Waals surface area contributed by atoms with Gasteiger partial charge in [0, 0.05) is 31.4 Å². The van der Waals surface area contributed by atoms with Gasteiger partial charge in [0.1, 0.15) is 11.5 Å². The van der Waals surface area contributed by atoms with E-state index >= 15 is 0 Å². The number of hydrogen-bond donors (Lipinski definition) is 1. The monoisotopic (exact) mass is 286 g/mol. The van der Waals surface area contributed by atoms with E-state index in [0.29, 0.717) is 5.92 Å². The molecule has 4 nitrogen and oxygen atoms in total. The fourth-order valence-corrected chi connectivity index (χ4v) is 2.85. The van der Waals surface area contributed by atoms with Crippen LogP contribution in [0.1, 0.15) is 12.2 Å². The maximum Gasteiger partial charge on any atom is 0.120 e. The van der Waals surface area contributed by atoms with E-state index in [9.17, 15) is 0 Å². The number of methoxy groups -OCH3 is 1. The molecule has 1 saturated heterocycles. The van der Waals surface area contributed by atoms with Crippen molar-refractivity contribution in [2.24, 2.45) is 5.92 Å². The summed E-state index contributed by atoms with van der Waals surface area (Å²) in [4.78, 5) is 2.43. The van der Waals surface area contributed by atoms with Crippen LogP contribution in [0.4, 0.5) is 5.69 Å². The van der Waals surface area contributed by atoms with Crippen LogP contribution < -0.4 is 15.0 Å². The molecule has 0 amide bonds. The van der Waals surface area contributed by atoms with Gasteiger partial charge in [0.2, 0.25) is 0 Å². The molecule has 0 spiro atoms. The van der Waals surface area contributed by atoms with Crippen LogP contribution in [0.25, 0.3) is 0 Å².